The Hall–Kier alpha value is -2.12. The molecule has 0 radical (unpaired) electrons. The van der Waals surface area contributed by atoms with Crippen molar-refractivity contribution in [2.45, 2.75) is 6.54 Å². The molecular formula is C15H19N3O4. The number of ether oxygens (including phenoxy) is 3. The van der Waals surface area contributed by atoms with E-state index >= 15 is 0 Å². The quantitative estimate of drug-likeness (QED) is 0.899. The molecule has 0 saturated carbocycles. The lowest BCUT2D eigenvalue weighted by Gasteiger charge is -2.28. The predicted molar refractivity (Wildman–Crippen MR) is 81.6 cm³/mol. The highest BCUT2D eigenvalue weighted by Crippen LogP contribution is 2.35. The molecule has 0 bridgehead atoms. The van der Waals surface area contributed by atoms with Crippen molar-refractivity contribution in [1.29, 1.82) is 0 Å². The second-order valence-corrected chi connectivity index (χ2v) is 5.10. The molecule has 0 amide bonds. The lowest BCUT2D eigenvalue weighted by atomic mass is 10.1. The minimum Gasteiger partial charge on any atom is -0.496 e. The van der Waals surface area contributed by atoms with Gasteiger partial charge in [0.2, 0.25) is 0 Å². The number of hydrogen-bond acceptors (Lipinski definition) is 6. The third-order valence-corrected chi connectivity index (χ3v) is 3.86. The highest BCUT2D eigenvalue weighted by molar-refractivity contribution is 5.87. The van der Waals surface area contributed by atoms with Gasteiger partial charge in [0.1, 0.15) is 16.9 Å². The summed E-state index contributed by atoms with van der Waals surface area (Å²) in [7, 11) is 3.17. The Balaban J connectivity index is 2.13. The van der Waals surface area contributed by atoms with Gasteiger partial charge in [0.05, 0.1) is 44.8 Å². The second kappa shape index (κ2) is 6.33. The third kappa shape index (κ3) is 2.65. The molecule has 1 aromatic heterocycles. The molecule has 3 rings (SSSR count). The Morgan fingerprint density at radius 3 is 2.77 bits per heavy atom. The van der Waals surface area contributed by atoms with Crippen LogP contribution in [0.5, 0.6) is 11.5 Å². The Labute approximate surface area is 127 Å². The van der Waals surface area contributed by atoms with E-state index in [1.807, 2.05) is 0 Å². The van der Waals surface area contributed by atoms with E-state index in [0.717, 1.165) is 18.7 Å². The van der Waals surface area contributed by atoms with Gasteiger partial charge in [-0.25, -0.2) is 4.98 Å². The summed E-state index contributed by atoms with van der Waals surface area (Å²) in [4.78, 5) is 21.2. The zero-order valence-corrected chi connectivity index (χ0v) is 12.7. The lowest BCUT2D eigenvalue weighted by Crippen LogP contribution is -2.35. The number of methoxy groups -OCH3 is 2. The number of H-pyrrole nitrogens is 1. The van der Waals surface area contributed by atoms with Crippen LogP contribution in [0.25, 0.3) is 10.9 Å². The number of rotatable bonds is 4. The topological polar surface area (TPSA) is 76.7 Å². The van der Waals surface area contributed by atoms with Crippen LogP contribution >= 0.6 is 0 Å². The molecule has 1 aromatic carbocycles. The summed E-state index contributed by atoms with van der Waals surface area (Å²) in [6.07, 6.45) is 1.38. The van der Waals surface area contributed by atoms with E-state index < -0.39 is 0 Å². The van der Waals surface area contributed by atoms with Gasteiger partial charge in [-0.05, 0) is 0 Å². The minimum atomic E-state index is -0.215. The number of hydrogen-bond donors (Lipinski definition) is 1. The maximum atomic E-state index is 12.2. The summed E-state index contributed by atoms with van der Waals surface area (Å²) in [5.41, 5.74) is 1.20. The van der Waals surface area contributed by atoms with Crippen LogP contribution in [-0.2, 0) is 11.3 Å². The number of nitrogens with zero attached hydrogens (tertiary/aromatic N) is 2. The van der Waals surface area contributed by atoms with Crippen LogP contribution in [0.4, 0.5) is 0 Å². The van der Waals surface area contributed by atoms with Crippen LogP contribution in [0, 0.1) is 0 Å². The molecule has 1 saturated heterocycles. The van der Waals surface area contributed by atoms with Gasteiger partial charge in [-0.2, -0.15) is 0 Å². The van der Waals surface area contributed by atoms with E-state index in [1.165, 1.54) is 6.33 Å². The van der Waals surface area contributed by atoms with Gasteiger partial charge in [-0.3, -0.25) is 9.69 Å². The third-order valence-electron chi connectivity index (χ3n) is 3.86. The van der Waals surface area contributed by atoms with E-state index in [9.17, 15) is 4.79 Å². The fraction of sp³-hybridized carbons (Fsp3) is 0.467. The Morgan fingerprint density at radius 1 is 1.32 bits per heavy atom. The molecule has 1 aliphatic rings. The molecule has 7 nitrogen and oxygen atoms in total. The zero-order chi connectivity index (χ0) is 15.5. The summed E-state index contributed by atoms with van der Waals surface area (Å²) < 4.78 is 16.4. The molecule has 7 heteroatoms. The normalized spacial score (nSPS) is 15.9. The maximum Gasteiger partial charge on any atom is 0.262 e. The Morgan fingerprint density at radius 2 is 2.09 bits per heavy atom. The zero-order valence-electron chi connectivity index (χ0n) is 12.7. The molecular weight excluding hydrogens is 286 g/mol. The molecule has 0 atom stereocenters. The van der Waals surface area contributed by atoms with Crippen LogP contribution < -0.4 is 15.0 Å². The van der Waals surface area contributed by atoms with E-state index in [4.69, 9.17) is 14.2 Å². The fourth-order valence-corrected chi connectivity index (χ4v) is 2.76. The van der Waals surface area contributed by atoms with Gasteiger partial charge in [-0.1, -0.05) is 0 Å². The summed E-state index contributed by atoms with van der Waals surface area (Å²) in [6, 6.07) is 1.78. The van der Waals surface area contributed by atoms with Crippen molar-refractivity contribution >= 4 is 10.9 Å². The largest absolute Gasteiger partial charge is 0.496 e. The van der Waals surface area contributed by atoms with E-state index in [-0.39, 0.29) is 5.56 Å². The number of nitrogens with one attached hydrogen (secondary N) is 1. The molecule has 2 aromatic rings. The van der Waals surface area contributed by atoms with E-state index in [0.29, 0.717) is 42.2 Å². The smallest absolute Gasteiger partial charge is 0.262 e. The van der Waals surface area contributed by atoms with Gasteiger partial charge >= 0.3 is 0 Å². The van der Waals surface area contributed by atoms with Gasteiger partial charge in [-0.15, -0.1) is 0 Å². The van der Waals surface area contributed by atoms with Crippen LogP contribution in [0.2, 0.25) is 0 Å². The van der Waals surface area contributed by atoms with E-state index in [2.05, 4.69) is 14.9 Å². The first-order valence-electron chi connectivity index (χ1n) is 7.16. The molecule has 0 aliphatic carbocycles. The number of fused-ring (bicyclic) bond motifs is 1. The number of aromatic nitrogens is 2. The van der Waals surface area contributed by atoms with E-state index in [1.54, 1.807) is 20.3 Å². The molecule has 1 fully saturated rings. The first kappa shape index (κ1) is 14.8. The molecule has 22 heavy (non-hydrogen) atoms. The summed E-state index contributed by atoms with van der Waals surface area (Å²) in [6.45, 7) is 3.74. The number of benzene rings is 1. The molecule has 1 N–H and O–H groups in total. The molecule has 1 aliphatic heterocycles. The van der Waals surface area contributed by atoms with Gasteiger partial charge in [0.25, 0.3) is 5.56 Å². The molecule has 2 heterocycles. The lowest BCUT2D eigenvalue weighted by molar-refractivity contribution is 0.0336. The summed E-state index contributed by atoms with van der Waals surface area (Å²) in [5, 5.41) is 0.453. The van der Waals surface area contributed by atoms with Crippen molar-refractivity contribution in [2.75, 3.05) is 40.5 Å². The van der Waals surface area contributed by atoms with Crippen LogP contribution in [-0.4, -0.2) is 55.4 Å². The van der Waals surface area contributed by atoms with Crippen molar-refractivity contribution in [1.82, 2.24) is 14.9 Å². The first-order chi connectivity index (χ1) is 10.7. The van der Waals surface area contributed by atoms with Crippen molar-refractivity contribution in [3.05, 3.63) is 28.3 Å². The average Bonchev–Trinajstić information content (AvgIpc) is 2.55. The highest BCUT2D eigenvalue weighted by Gasteiger charge is 2.21. The van der Waals surface area contributed by atoms with Gasteiger partial charge in [0, 0.05) is 25.7 Å². The standard InChI is InChI=1S/C15H19N3O4/c1-20-12-7-11-13(15(19)17-9-16-11)14(21-2)10(12)8-18-3-5-22-6-4-18/h7,9H,3-6,8H2,1-2H3,(H,16,17,19). The second-order valence-electron chi connectivity index (χ2n) is 5.10. The van der Waals surface area contributed by atoms with Gasteiger partial charge in [0.15, 0.2) is 0 Å². The summed E-state index contributed by atoms with van der Waals surface area (Å²) in [5.74, 6) is 1.20. The molecule has 0 unspecified atom stereocenters. The fourth-order valence-electron chi connectivity index (χ4n) is 2.76. The summed E-state index contributed by atoms with van der Waals surface area (Å²) >= 11 is 0. The van der Waals surface area contributed by atoms with Crippen LogP contribution in [0.15, 0.2) is 17.2 Å². The minimum absolute atomic E-state index is 0.215. The van der Waals surface area contributed by atoms with Crippen molar-refractivity contribution < 1.29 is 14.2 Å². The average molecular weight is 305 g/mol. The molecule has 118 valence electrons. The molecule has 0 spiro atoms. The monoisotopic (exact) mass is 305 g/mol. The Kier molecular flexibility index (Phi) is 4.26. The highest BCUT2D eigenvalue weighted by atomic mass is 16.5. The SMILES string of the molecule is COc1cc2nc[nH]c(=O)c2c(OC)c1CN1CCOCC1. The van der Waals surface area contributed by atoms with Crippen LogP contribution in [0.3, 0.4) is 0 Å². The predicted octanol–water partition coefficient (Wildman–Crippen LogP) is 0.772. The maximum absolute atomic E-state index is 12.2. The van der Waals surface area contributed by atoms with Gasteiger partial charge < -0.3 is 19.2 Å². The Bertz CT molecular complexity index is 723. The number of morpholine rings is 1. The number of aromatic amines is 1. The van der Waals surface area contributed by atoms with Crippen LogP contribution in [0.1, 0.15) is 5.56 Å². The van der Waals surface area contributed by atoms with Crippen molar-refractivity contribution in [3.63, 3.8) is 0 Å². The first-order valence-corrected chi connectivity index (χ1v) is 7.16. The van der Waals surface area contributed by atoms with Crippen molar-refractivity contribution in [3.8, 4) is 11.5 Å². The van der Waals surface area contributed by atoms with Crippen molar-refractivity contribution in [2.24, 2.45) is 0 Å².